The maximum absolute atomic E-state index is 12.4. The van der Waals surface area contributed by atoms with Crippen LogP contribution < -0.4 is 14.8 Å². The molecule has 1 amide bonds. The highest BCUT2D eigenvalue weighted by atomic mass is 16.6. The molecule has 0 aromatic heterocycles. The van der Waals surface area contributed by atoms with Gasteiger partial charge >= 0.3 is 11.9 Å². The van der Waals surface area contributed by atoms with Crippen LogP contribution >= 0.6 is 0 Å². The Kier molecular flexibility index (Phi) is 9.53. The molecular weight excluding hydrogens is 400 g/mol. The zero-order valence-corrected chi connectivity index (χ0v) is 17.6. The molecule has 11 nitrogen and oxygen atoms in total. The summed E-state index contributed by atoms with van der Waals surface area (Å²) >= 11 is 0. The van der Waals surface area contributed by atoms with Gasteiger partial charge in [-0.05, 0) is 19.3 Å². The number of amides is 1. The standard InChI is InChI=1S/C19H26N2O9/c1-6-29-16-9-14(21(25)26)12(8-15(16)27-4)18(23)30-10-17(22)20-13(7-11(2)3)19(24)28-5/h8-9,11,13H,6-7,10H2,1-5H3,(H,20,22). The van der Waals surface area contributed by atoms with Crippen molar-refractivity contribution in [2.45, 2.75) is 33.2 Å². The summed E-state index contributed by atoms with van der Waals surface area (Å²) in [6, 6.07) is 1.26. The molecule has 0 heterocycles. The van der Waals surface area contributed by atoms with Gasteiger partial charge in [-0.25, -0.2) is 9.59 Å². The van der Waals surface area contributed by atoms with Crippen LogP contribution in [0.25, 0.3) is 0 Å². The van der Waals surface area contributed by atoms with Gasteiger partial charge in [0.1, 0.15) is 11.6 Å². The van der Waals surface area contributed by atoms with Crippen molar-refractivity contribution in [1.82, 2.24) is 5.32 Å². The van der Waals surface area contributed by atoms with Crippen molar-refractivity contribution < 1.29 is 38.3 Å². The summed E-state index contributed by atoms with van der Waals surface area (Å²) in [5.41, 5.74) is -0.961. The molecule has 0 saturated carbocycles. The van der Waals surface area contributed by atoms with Gasteiger partial charge in [0.25, 0.3) is 11.6 Å². The van der Waals surface area contributed by atoms with Gasteiger partial charge in [0.15, 0.2) is 18.1 Å². The molecule has 30 heavy (non-hydrogen) atoms. The first-order chi connectivity index (χ1) is 14.1. The number of rotatable bonds is 11. The van der Waals surface area contributed by atoms with Crippen LogP contribution in [-0.4, -0.2) is 56.2 Å². The number of hydrogen-bond donors (Lipinski definition) is 1. The molecule has 1 aromatic rings. The van der Waals surface area contributed by atoms with E-state index in [-0.39, 0.29) is 24.0 Å². The fourth-order valence-electron chi connectivity index (χ4n) is 2.56. The molecule has 0 radical (unpaired) electrons. The predicted molar refractivity (Wildman–Crippen MR) is 105 cm³/mol. The van der Waals surface area contributed by atoms with Crippen LogP contribution in [0.1, 0.15) is 37.6 Å². The van der Waals surface area contributed by atoms with Gasteiger partial charge in [0, 0.05) is 6.07 Å². The first-order valence-electron chi connectivity index (χ1n) is 9.18. The Morgan fingerprint density at radius 1 is 1.17 bits per heavy atom. The van der Waals surface area contributed by atoms with Crippen molar-refractivity contribution in [2.24, 2.45) is 5.92 Å². The average molecular weight is 426 g/mol. The number of nitrogens with zero attached hydrogens (tertiary/aromatic N) is 1. The summed E-state index contributed by atoms with van der Waals surface area (Å²) in [5.74, 6) is -2.19. The van der Waals surface area contributed by atoms with E-state index in [0.717, 1.165) is 12.1 Å². The number of ether oxygens (including phenoxy) is 4. The third-order valence-electron chi connectivity index (χ3n) is 3.86. The Morgan fingerprint density at radius 2 is 1.83 bits per heavy atom. The summed E-state index contributed by atoms with van der Waals surface area (Å²) in [4.78, 5) is 46.8. The largest absolute Gasteiger partial charge is 0.493 e. The fourth-order valence-corrected chi connectivity index (χ4v) is 2.56. The molecule has 0 fully saturated rings. The smallest absolute Gasteiger partial charge is 0.345 e. The molecule has 1 N–H and O–H groups in total. The minimum absolute atomic E-state index is 0.0931. The molecule has 0 spiro atoms. The lowest BCUT2D eigenvalue weighted by molar-refractivity contribution is -0.385. The topological polar surface area (TPSA) is 143 Å². The first-order valence-corrected chi connectivity index (χ1v) is 9.18. The molecule has 11 heteroatoms. The number of nitro groups is 1. The lowest BCUT2D eigenvalue weighted by Crippen LogP contribution is -2.44. The SMILES string of the molecule is CCOc1cc([N+](=O)[O-])c(C(=O)OCC(=O)NC(CC(C)C)C(=O)OC)cc1OC. The van der Waals surface area contributed by atoms with Crippen LogP contribution in [0.2, 0.25) is 0 Å². The number of carbonyl (C=O) groups excluding carboxylic acids is 3. The minimum atomic E-state index is -1.10. The van der Waals surface area contributed by atoms with E-state index in [9.17, 15) is 24.5 Å². The molecule has 1 atom stereocenters. The van der Waals surface area contributed by atoms with Gasteiger partial charge in [-0.1, -0.05) is 13.8 Å². The molecule has 0 aliphatic heterocycles. The average Bonchev–Trinajstić information content (AvgIpc) is 2.70. The zero-order valence-electron chi connectivity index (χ0n) is 17.6. The number of methoxy groups -OCH3 is 2. The minimum Gasteiger partial charge on any atom is -0.493 e. The van der Waals surface area contributed by atoms with Gasteiger partial charge in [-0.3, -0.25) is 14.9 Å². The van der Waals surface area contributed by atoms with Gasteiger partial charge in [0.05, 0.1) is 31.8 Å². The summed E-state index contributed by atoms with van der Waals surface area (Å²) in [7, 11) is 2.51. The van der Waals surface area contributed by atoms with Crippen molar-refractivity contribution in [3.8, 4) is 11.5 Å². The fraction of sp³-hybridized carbons (Fsp3) is 0.526. The molecule has 1 unspecified atom stereocenters. The number of nitro benzene ring substituents is 1. The van der Waals surface area contributed by atoms with Gasteiger partial charge in [-0.2, -0.15) is 0 Å². The van der Waals surface area contributed by atoms with Crippen molar-refractivity contribution in [2.75, 3.05) is 27.4 Å². The quantitative estimate of drug-likeness (QED) is 0.318. The third kappa shape index (κ3) is 6.90. The monoisotopic (exact) mass is 426 g/mol. The van der Waals surface area contributed by atoms with Gasteiger partial charge < -0.3 is 24.3 Å². The third-order valence-corrected chi connectivity index (χ3v) is 3.86. The summed E-state index contributed by atoms with van der Waals surface area (Å²) < 4.78 is 19.9. The van der Waals surface area contributed by atoms with E-state index in [1.165, 1.54) is 14.2 Å². The summed E-state index contributed by atoms with van der Waals surface area (Å²) in [6.45, 7) is 4.90. The van der Waals surface area contributed by atoms with Crippen LogP contribution in [0.4, 0.5) is 5.69 Å². The van der Waals surface area contributed by atoms with E-state index in [4.69, 9.17) is 14.2 Å². The van der Waals surface area contributed by atoms with E-state index < -0.39 is 46.7 Å². The highest BCUT2D eigenvalue weighted by molar-refractivity contribution is 5.96. The van der Waals surface area contributed by atoms with E-state index in [0.29, 0.717) is 6.42 Å². The number of esters is 2. The number of benzene rings is 1. The van der Waals surface area contributed by atoms with Crippen molar-refractivity contribution in [3.05, 3.63) is 27.8 Å². The predicted octanol–water partition coefficient (Wildman–Crippen LogP) is 1.86. The normalized spacial score (nSPS) is 11.4. The van der Waals surface area contributed by atoms with Crippen LogP contribution in [-0.2, 0) is 19.1 Å². The maximum Gasteiger partial charge on any atom is 0.345 e. The highest BCUT2D eigenvalue weighted by Gasteiger charge is 2.27. The number of nitrogens with one attached hydrogen (secondary N) is 1. The Balaban J connectivity index is 2.95. The van der Waals surface area contributed by atoms with Crippen LogP contribution in [0, 0.1) is 16.0 Å². The van der Waals surface area contributed by atoms with E-state index >= 15 is 0 Å². The molecule has 0 aliphatic rings. The lowest BCUT2D eigenvalue weighted by atomic mass is 10.0. The van der Waals surface area contributed by atoms with Crippen LogP contribution in [0.3, 0.4) is 0 Å². The molecule has 1 rings (SSSR count). The van der Waals surface area contributed by atoms with Gasteiger partial charge in [-0.15, -0.1) is 0 Å². The molecule has 0 saturated heterocycles. The Hall–Kier alpha value is -3.37. The first kappa shape index (κ1) is 24.7. The van der Waals surface area contributed by atoms with Gasteiger partial charge in [0.2, 0.25) is 0 Å². The molecule has 0 bridgehead atoms. The lowest BCUT2D eigenvalue weighted by Gasteiger charge is -2.18. The van der Waals surface area contributed by atoms with E-state index in [2.05, 4.69) is 10.1 Å². The van der Waals surface area contributed by atoms with Crippen molar-refractivity contribution in [1.29, 1.82) is 0 Å². The highest BCUT2D eigenvalue weighted by Crippen LogP contribution is 2.35. The van der Waals surface area contributed by atoms with Crippen LogP contribution in [0.5, 0.6) is 11.5 Å². The summed E-state index contributed by atoms with van der Waals surface area (Å²) in [5, 5.41) is 13.8. The second kappa shape index (κ2) is 11.6. The Labute approximate surface area is 173 Å². The van der Waals surface area contributed by atoms with Crippen molar-refractivity contribution >= 4 is 23.5 Å². The van der Waals surface area contributed by atoms with E-state index in [1.54, 1.807) is 6.92 Å². The molecule has 166 valence electrons. The second-order valence-corrected chi connectivity index (χ2v) is 6.56. The Morgan fingerprint density at radius 3 is 2.33 bits per heavy atom. The summed E-state index contributed by atoms with van der Waals surface area (Å²) in [6.07, 6.45) is 0.327. The Bertz CT molecular complexity index is 792. The number of hydrogen-bond acceptors (Lipinski definition) is 9. The van der Waals surface area contributed by atoms with Crippen molar-refractivity contribution in [3.63, 3.8) is 0 Å². The molecular formula is C19H26N2O9. The molecule has 1 aromatic carbocycles. The number of carbonyl (C=O) groups is 3. The van der Waals surface area contributed by atoms with E-state index in [1.807, 2.05) is 13.8 Å². The molecule has 0 aliphatic carbocycles. The maximum atomic E-state index is 12.4. The van der Waals surface area contributed by atoms with Crippen LogP contribution in [0.15, 0.2) is 12.1 Å². The second-order valence-electron chi connectivity index (χ2n) is 6.56. The zero-order chi connectivity index (χ0) is 22.8.